The maximum absolute atomic E-state index is 11.9. The van der Waals surface area contributed by atoms with Crippen LogP contribution in [-0.4, -0.2) is 46.2 Å². The van der Waals surface area contributed by atoms with E-state index in [2.05, 4.69) is 0 Å². The van der Waals surface area contributed by atoms with E-state index < -0.39 is 12.0 Å². The molecular weight excluding hydrogens is 258 g/mol. The number of hydrogen-bond acceptors (Lipinski definition) is 3. The summed E-state index contributed by atoms with van der Waals surface area (Å²) in [4.78, 5) is 24.6. The van der Waals surface area contributed by atoms with Crippen LogP contribution < -0.4 is 0 Å². The molecule has 3 fully saturated rings. The lowest BCUT2D eigenvalue weighted by molar-refractivity contribution is -0.148. The van der Waals surface area contributed by atoms with E-state index in [0.29, 0.717) is 19.4 Å². The van der Waals surface area contributed by atoms with E-state index >= 15 is 0 Å². The molecule has 1 saturated carbocycles. The Morgan fingerprint density at radius 1 is 1.25 bits per heavy atom. The standard InChI is InChI=1S/C15H23NO4/c17-13-5-4-12(14(18)19)16(13)10-11-6-9-15(20-11)7-2-1-3-8-15/h11-12H,1-10H2,(H,18,19). The minimum atomic E-state index is -0.888. The molecule has 0 aromatic heterocycles. The fourth-order valence-corrected chi connectivity index (χ4v) is 4.03. The first-order chi connectivity index (χ1) is 9.60. The van der Waals surface area contributed by atoms with Crippen LogP contribution in [0.5, 0.6) is 0 Å². The summed E-state index contributed by atoms with van der Waals surface area (Å²) in [6, 6.07) is -0.644. The Morgan fingerprint density at radius 2 is 2.00 bits per heavy atom. The molecule has 2 atom stereocenters. The van der Waals surface area contributed by atoms with Crippen molar-refractivity contribution in [3.63, 3.8) is 0 Å². The van der Waals surface area contributed by atoms with Gasteiger partial charge in [0, 0.05) is 13.0 Å². The number of carboxylic acids is 1. The van der Waals surface area contributed by atoms with Gasteiger partial charge in [-0.25, -0.2) is 4.79 Å². The van der Waals surface area contributed by atoms with Crippen LogP contribution in [0.15, 0.2) is 0 Å². The zero-order valence-corrected chi connectivity index (χ0v) is 11.8. The van der Waals surface area contributed by atoms with Gasteiger partial charge in [-0.05, 0) is 32.1 Å². The van der Waals surface area contributed by atoms with Gasteiger partial charge in [0.05, 0.1) is 11.7 Å². The summed E-state index contributed by atoms with van der Waals surface area (Å²) in [5.74, 6) is -0.924. The van der Waals surface area contributed by atoms with E-state index in [4.69, 9.17) is 4.74 Å². The maximum Gasteiger partial charge on any atom is 0.326 e. The predicted molar refractivity (Wildman–Crippen MR) is 72.3 cm³/mol. The number of carboxylic acid groups (broad SMARTS) is 1. The van der Waals surface area contributed by atoms with Crippen molar-refractivity contribution >= 4 is 11.9 Å². The molecule has 3 rings (SSSR count). The number of likely N-dealkylation sites (tertiary alicyclic amines) is 1. The Bertz CT molecular complexity index is 403. The number of rotatable bonds is 3. The highest BCUT2D eigenvalue weighted by molar-refractivity contribution is 5.87. The highest BCUT2D eigenvalue weighted by Crippen LogP contribution is 2.42. The van der Waals surface area contributed by atoms with Gasteiger partial charge in [-0.1, -0.05) is 19.3 Å². The zero-order valence-electron chi connectivity index (χ0n) is 11.8. The maximum atomic E-state index is 11.9. The molecule has 2 saturated heterocycles. The molecule has 0 aromatic carbocycles. The predicted octanol–water partition coefficient (Wildman–Crippen LogP) is 1.94. The molecule has 1 aliphatic carbocycles. The zero-order chi connectivity index (χ0) is 14.2. The Morgan fingerprint density at radius 3 is 2.70 bits per heavy atom. The van der Waals surface area contributed by atoms with E-state index in [1.54, 1.807) is 0 Å². The van der Waals surface area contributed by atoms with Gasteiger partial charge in [-0.15, -0.1) is 0 Å². The van der Waals surface area contributed by atoms with Gasteiger partial charge in [0.1, 0.15) is 6.04 Å². The molecule has 2 heterocycles. The van der Waals surface area contributed by atoms with Gasteiger partial charge < -0.3 is 14.7 Å². The molecule has 1 N–H and O–H groups in total. The van der Waals surface area contributed by atoms with E-state index in [1.807, 2.05) is 0 Å². The Balaban J connectivity index is 1.61. The van der Waals surface area contributed by atoms with Gasteiger partial charge >= 0.3 is 5.97 Å². The van der Waals surface area contributed by atoms with Crippen molar-refractivity contribution in [1.82, 2.24) is 4.90 Å². The first-order valence-electron chi connectivity index (χ1n) is 7.80. The quantitative estimate of drug-likeness (QED) is 0.858. The van der Waals surface area contributed by atoms with Crippen LogP contribution in [0, 0.1) is 0 Å². The van der Waals surface area contributed by atoms with Crippen LogP contribution in [0.1, 0.15) is 57.8 Å². The average molecular weight is 281 g/mol. The van der Waals surface area contributed by atoms with Crippen molar-refractivity contribution in [1.29, 1.82) is 0 Å². The number of carbonyl (C=O) groups excluding carboxylic acids is 1. The van der Waals surface area contributed by atoms with E-state index in [0.717, 1.165) is 25.7 Å². The number of nitrogens with zero attached hydrogens (tertiary/aromatic N) is 1. The minimum Gasteiger partial charge on any atom is -0.480 e. The van der Waals surface area contributed by atoms with Gasteiger partial charge in [-0.3, -0.25) is 4.79 Å². The molecule has 3 aliphatic rings. The molecule has 2 aliphatic heterocycles. The summed E-state index contributed by atoms with van der Waals surface area (Å²) in [6.07, 6.45) is 8.84. The monoisotopic (exact) mass is 281 g/mol. The highest BCUT2D eigenvalue weighted by Gasteiger charge is 2.44. The molecule has 112 valence electrons. The Hall–Kier alpha value is -1.10. The first-order valence-corrected chi connectivity index (χ1v) is 7.80. The fraction of sp³-hybridized carbons (Fsp3) is 0.867. The lowest BCUT2D eigenvalue weighted by Gasteiger charge is -2.34. The Labute approximate surface area is 119 Å². The van der Waals surface area contributed by atoms with Gasteiger partial charge in [0.25, 0.3) is 0 Å². The van der Waals surface area contributed by atoms with Crippen LogP contribution in [0.2, 0.25) is 0 Å². The Kier molecular flexibility index (Phi) is 3.71. The van der Waals surface area contributed by atoms with Crippen molar-refractivity contribution in [3.8, 4) is 0 Å². The lowest BCUT2D eigenvalue weighted by Crippen LogP contribution is -2.43. The van der Waals surface area contributed by atoms with E-state index in [-0.39, 0.29) is 17.6 Å². The van der Waals surface area contributed by atoms with E-state index in [1.165, 1.54) is 24.2 Å². The molecule has 20 heavy (non-hydrogen) atoms. The van der Waals surface area contributed by atoms with Crippen molar-refractivity contribution in [3.05, 3.63) is 0 Å². The average Bonchev–Trinajstić information content (AvgIpc) is 2.97. The normalized spacial score (nSPS) is 33.0. The summed E-state index contributed by atoms with van der Waals surface area (Å²) in [7, 11) is 0. The summed E-state index contributed by atoms with van der Waals surface area (Å²) < 4.78 is 6.24. The van der Waals surface area contributed by atoms with Crippen molar-refractivity contribution < 1.29 is 19.4 Å². The number of aliphatic carboxylic acids is 1. The second-order valence-electron chi connectivity index (χ2n) is 6.46. The number of ether oxygens (including phenoxy) is 1. The first kappa shape index (κ1) is 13.9. The van der Waals surface area contributed by atoms with Gasteiger partial charge in [0.15, 0.2) is 0 Å². The SMILES string of the molecule is O=C(O)C1CCC(=O)N1CC1CCC2(CCCCC2)O1. The van der Waals surface area contributed by atoms with Crippen LogP contribution in [0.25, 0.3) is 0 Å². The minimum absolute atomic E-state index is 0.0250. The third kappa shape index (κ3) is 2.55. The largest absolute Gasteiger partial charge is 0.480 e. The third-order valence-electron chi connectivity index (χ3n) is 5.12. The van der Waals surface area contributed by atoms with Crippen molar-refractivity contribution in [2.24, 2.45) is 0 Å². The van der Waals surface area contributed by atoms with Crippen molar-refractivity contribution in [2.45, 2.75) is 75.5 Å². The summed E-state index contributed by atoms with van der Waals surface area (Å²) in [6.45, 7) is 0.456. The topological polar surface area (TPSA) is 66.8 Å². The van der Waals surface area contributed by atoms with Gasteiger partial charge in [-0.2, -0.15) is 0 Å². The molecule has 5 nitrogen and oxygen atoms in total. The smallest absolute Gasteiger partial charge is 0.326 e. The molecule has 5 heteroatoms. The molecule has 1 spiro atoms. The second kappa shape index (κ2) is 5.35. The molecule has 0 radical (unpaired) electrons. The molecular formula is C15H23NO4. The summed E-state index contributed by atoms with van der Waals surface area (Å²) in [5, 5.41) is 9.18. The van der Waals surface area contributed by atoms with Crippen LogP contribution >= 0.6 is 0 Å². The number of amides is 1. The number of carbonyl (C=O) groups is 2. The molecule has 0 bridgehead atoms. The second-order valence-corrected chi connectivity index (χ2v) is 6.46. The number of hydrogen-bond donors (Lipinski definition) is 1. The van der Waals surface area contributed by atoms with Crippen LogP contribution in [-0.2, 0) is 14.3 Å². The molecule has 0 aromatic rings. The molecule has 2 unspecified atom stereocenters. The summed E-state index contributed by atoms with van der Waals surface area (Å²) in [5.41, 5.74) is 0.0322. The fourth-order valence-electron chi connectivity index (χ4n) is 4.03. The molecule has 1 amide bonds. The van der Waals surface area contributed by atoms with Gasteiger partial charge in [0.2, 0.25) is 5.91 Å². The highest BCUT2D eigenvalue weighted by atomic mass is 16.5. The van der Waals surface area contributed by atoms with Crippen LogP contribution in [0.3, 0.4) is 0 Å². The third-order valence-corrected chi connectivity index (χ3v) is 5.12. The van der Waals surface area contributed by atoms with Crippen LogP contribution in [0.4, 0.5) is 0 Å². The van der Waals surface area contributed by atoms with E-state index in [9.17, 15) is 14.7 Å². The summed E-state index contributed by atoms with van der Waals surface area (Å²) >= 11 is 0. The van der Waals surface area contributed by atoms with Crippen molar-refractivity contribution in [2.75, 3.05) is 6.54 Å². The lowest BCUT2D eigenvalue weighted by atomic mass is 9.83.